The molecule has 0 aromatic carbocycles. The fraction of sp³-hybridized carbons (Fsp3) is 0.762. The van der Waals surface area contributed by atoms with Gasteiger partial charge in [0.2, 0.25) is 0 Å². The van der Waals surface area contributed by atoms with E-state index in [1.54, 1.807) is 0 Å². The molecule has 1 fully saturated rings. The van der Waals surface area contributed by atoms with E-state index in [-0.39, 0.29) is 12.1 Å². The van der Waals surface area contributed by atoms with Gasteiger partial charge in [-0.05, 0) is 38.5 Å². The molecule has 1 aliphatic rings. The van der Waals surface area contributed by atoms with Crippen LogP contribution in [0.25, 0.3) is 0 Å². The molecule has 0 bridgehead atoms. The molecule has 3 heteroatoms. The summed E-state index contributed by atoms with van der Waals surface area (Å²) in [6.07, 6.45) is 23.1. The highest BCUT2D eigenvalue weighted by molar-refractivity contribution is 5.69. The van der Waals surface area contributed by atoms with Crippen molar-refractivity contribution in [3.8, 4) is 0 Å². The number of epoxide rings is 1. The molecule has 0 aliphatic carbocycles. The lowest BCUT2D eigenvalue weighted by atomic mass is 10.1. The molecule has 1 saturated heterocycles. The minimum absolute atomic E-state index is 0.0730. The largest absolute Gasteiger partial charge is 0.463 e. The van der Waals surface area contributed by atoms with Crippen molar-refractivity contribution in [2.75, 3.05) is 13.2 Å². The number of hydrogen-bond donors (Lipinski definition) is 0. The predicted molar refractivity (Wildman–Crippen MR) is 100 cm³/mol. The summed E-state index contributed by atoms with van der Waals surface area (Å²) in [6.45, 7) is 3.43. The topological polar surface area (TPSA) is 38.8 Å². The number of carbonyl (C=O) groups excluding carboxylic acids is 1. The van der Waals surface area contributed by atoms with Gasteiger partial charge in [-0.1, -0.05) is 63.3 Å². The van der Waals surface area contributed by atoms with E-state index in [0.29, 0.717) is 13.0 Å². The molecule has 3 nitrogen and oxygen atoms in total. The van der Waals surface area contributed by atoms with E-state index >= 15 is 0 Å². The highest BCUT2D eigenvalue weighted by Gasteiger charge is 2.23. The number of carbonyl (C=O) groups is 1. The smallest absolute Gasteiger partial charge is 0.305 e. The molecule has 0 amide bonds. The van der Waals surface area contributed by atoms with E-state index in [1.807, 2.05) is 0 Å². The highest BCUT2D eigenvalue weighted by atomic mass is 16.6. The summed E-state index contributed by atoms with van der Waals surface area (Å²) in [6, 6.07) is 0. The second-order valence-corrected chi connectivity index (χ2v) is 6.62. The van der Waals surface area contributed by atoms with Crippen molar-refractivity contribution in [2.45, 2.75) is 90.1 Å². The molecule has 1 heterocycles. The van der Waals surface area contributed by atoms with Crippen molar-refractivity contribution in [3.05, 3.63) is 24.3 Å². The Morgan fingerprint density at radius 3 is 2.25 bits per heavy atom. The monoisotopic (exact) mass is 336 g/mol. The van der Waals surface area contributed by atoms with Crippen LogP contribution >= 0.6 is 0 Å². The molecule has 0 aromatic heterocycles. The number of allylic oxidation sites excluding steroid dienone is 4. The third-order valence-corrected chi connectivity index (χ3v) is 4.16. The summed E-state index contributed by atoms with van der Waals surface area (Å²) < 4.78 is 10.1. The van der Waals surface area contributed by atoms with E-state index in [4.69, 9.17) is 9.47 Å². The summed E-state index contributed by atoms with van der Waals surface area (Å²) in [5.41, 5.74) is 0. The van der Waals surface area contributed by atoms with Crippen LogP contribution in [-0.2, 0) is 14.3 Å². The van der Waals surface area contributed by atoms with Gasteiger partial charge >= 0.3 is 5.97 Å². The molecular formula is C21H36O3. The van der Waals surface area contributed by atoms with Crippen LogP contribution in [-0.4, -0.2) is 25.3 Å². The summed E-state index contributed by atoms with van der Waals surface area (Å²) >= 11 is 0. The van der Waals surface area contributed by atoms with Gasteiger partial charge < -0.3 is 9.47 Å². The van der Waals surface area contributed by atoms with Gasteiger partial charge in [0.25, 0.3) is 0 Å². The number of ether oxygens (including phenoxy) is 2. The zero-order valence-corrected chi connectivity index (χ0v) is 15.5. The molecule has 0 spiro atoms. The molecule has 24 heavy (non-hydrogen) atoms. The van der Waals surface area contributed by atoms with Gasteiger partial charge in [0, 0.05) is 6.42 Å². The summed E-state index contributed by atoms with van der Waals surface area (Å²) in [7, 11) is 0. The fourth-order valence-electron chi connectivity index (χ4n) is 2.50. The SMILES string of the molecule is CCCCC/C=C/C/C=C/CCCCCCCC(=O)OC[C@@H]1CO1. The zero-order chi connectivity index (χ0) is 17.3. The van der Waals surface area contributed by atoms with Gasteiger partial charge in [0.05, 0.1) is 6.61 Å². The lowest BCUT2D eigenvalue weighted by molar-refractivity contribution is -0.144. The van der Waals surface area contributed by atoms with E-state index in [1.165, 1.54) is 51.4 Å². The van der Waals surface area contributed by atoms with Crippen LogP contribution in [0.5, 0.6) is 0 Å². The van der Waals surface area contributed by atoms with Crippen molar-refractivity contribution in [3.63, 3.8) is 0 Å². The van der Waals surface area contributed by atoms with Crippen LogP contribution < -0.4 is 0 Å². The second-order valence-electron chi connectivity index (χ2n) is 6.62. The van der Waals surface area contributed by atoms with Gasteiger partial charge in [0.1, 0.15) is 12.7 Å². The van der Waals surface area contributed by atoms with Gasteiger partial charge in [0.15, 0.2) is 0 Å². The van der Waals surface area contributed by atoms with Crippen molar-refractivity contribution in [2.24, 2.45) is 0 Å². The summed E-state index contributed by atoms with van der Waals surface area (Å²) in [4.78, 5) is 11.4. The van der Waals surface area contributed by atoms with Gasteiger partial charge in [-0.2, -0.15) is 0 Å². The first-order valence-electron chi connectivity index (χ1n) is 9.90. The Morgan fingerprint density at radius 2 is 1.58 bits per heavy atom. The Balaban J connectivity index is 1.76. The van der Waals surface area contributed by atoms with Gasteiger partial charge in [-0.15, -0.1) is 0 Å². The lowest BCUT2D eigenvalue weighted by Crippen LogP contribution is -2.09. The Hall–Kier alpha value is -1.09. The van der Waals surface area contributed by atoms with Gasteiger partial charge in [-0.25, -0.2) is 0 Å². The number of unbranched alkanes of at least 4 members (excludes halogenated alkanes) is 8. The maximum Gasteiger partial charge on any atom is 0.305 e. The average molecular weight is 337 g/mol. The maximum absolute atomic E-state index is 11.4. The van der Waals surface area contributed by atoms with E-state index < -0.39 is 0 Å². The Kier molecular flexibility index (Phi) is 13.5. The van der Waals surface area contributed by atoms with Crippen molar-refractivity contribution >= 4 is 5.97 Å². The van der Waals surface area contributed by atoms with E-state index in [0.717, 1.165) is 25.9 Å². The molecule has 0 N–H and O–H groups in total. The number of rotatable bonds is 16. The molecule has 1 rings (SSSR count). The van der Waals surface area contributed by atoms with Crippen molar-refractivity contribution < 1.29 is 14.3 Å². The zero-order valence-electron chi connectivity index (χ0n) is 15.5. The molecule has 0 aromatic rings. The second kappa shape index (κ2) is 15.4. The molecule has 1 aliphatic heterocycles. The third kappa shape index (κ3) is 14.5. The van der Waals surface area contributed by atoms with E-state index in [9.17, 15) is 4.79 Å². The van der Waals surface area contributed by atoms with Gasteiger partial charge in [-0.3, -0.25) is 4.79 Å². The lowest BCUT2D eigenvalue weighted by Gasteiger charge is -2.02. The average Bonchev–Trinajstić information content (AvgIpc) is 3.41. The first kappa shape index (κ1) is 21.0. The predicted octanol–water partition coefficient (Wildman–Crippen LogP) is 5.74. The summed E-state index contributed by atoms with van der Waals surface area (Å²) in [5.74, 6) is -0.0730. The van der Waals surface area contributed by atoms with Crippen LogP contribution in [0.2, 0.25) is 0 Å². The molecular weight excluding hydrogens is 300 g/mol. The third-order valence-electron chi connectivity index (χ3n) is 4.16. The Morgan fingerprint density at radius 1 is 0.958 bits per heavy atom. The fourth-order valence-corrected chi connectivity index (χ4v) is 2.50. The molecule has 0 radical (unpaired) electrons. The standard InChI is InChI=1S/C21H36O3/c1-2-3-4-5-6-7-8-9-10-11-12-13-14-15-16-17-21(22)24-19-20-18-23-20/h6-7,9-10,20H,2-5,8,11-19H2,1H3/b7-6+,10-9+/t20-/m0/s1. The van der Waals surface area contributed by atoms with Crippen LogP contribution in [0.15, 0.2) is 24.3 Å². The van der Waals surface area contributed by atoms with Crippen LogP contribution in [0, 0.1) is 0 Å². The Labute approximate surface area is 148 Å². The molecule has 0 unspecified atom stereocenters. The maximum atomic E-state index is 11.4. The normalized spacial score (nSPS) is 17.0. The minimum Gasteiger partial charge on any atom is -0.463 e. The Bertz CT molecular complexity index is 356. The summed E-state index contributed by atoms with van der Waals surface area (Å²) in [5, 5.41) is 0. The molecule has 0 saturated carbocycles. The van der Waals surface area contributed by atoms with Crippen molar-refractivity contribution in [1.29, 1.82) is 0 Å². The number of esters is 1. The van der Waals surface area contributed by atoms with Crippen LogP contribution in [0.4, 0.5) is 0 Å². The first-order chi connectivity index (χ1) is 11.8. The highest BCUT2D eigenvalue weighted by Crippen LogP contribution is 2.11. The van der Waals surface area contributed by atoms with Crippen molar-refractivity contribution in [1.82, 2.24) is 0 Å². The van der Waals surface area contributed by atoms with E-state index in [2.05, 4.69) is 31.2 Å². The van der Waals surface area contributed by atoms with Crippen LogP contribution in [0.3, 0.4) is 0 Å². The number of hydrogen-bond acceptors (Lipinski definition) is 3. The van der Waals surface area contributed by atoms with Crippen LogP contribution in [0.1, 0.15) is 84.0 Å². The first-order valence-corrected chi connectivity index (χ1v) is 9.90. The molecule has 138 valence electrons. The quantitative estimate of drug-likeness (QED) is 0.156. The minimum atomic E-state index is -0.0730. The molecule has 1 atom stereocenters.